The first-order valence-electron chi connectivity index (χ1n) is 2.72. The quantitative estimate of drug-likeness (QED) is 0.642. The number of anilines is 2. The normalized spacial score (nSPS) is 9.56. The van der Waals surface area contributed by atoms with E-state index < -0.39 is 0 Å². The molecule has 0 aliphatic carbocycles. The van der Waals surface area contributed by atoms with Crippen LogP contribution in [0.25, 0.3) is 0 Å². The van der Waals surface area contributed by atoms with Crippen LogP contribution in [0.15, 0.2) is 11.4 Å². The molecule has 0 bridgehead atoms. The number of nitrogens with two attached hydrogens (primary N) is 1. The second-order valence-electron chi connectivity index (χ2n) is 2.08. The van der Waals surface area contributed by atoms with Crippen LogP contribution >= 0.6 is 11.3 Å². The Hall–Kier alpha value is -0.700. The van der Waals surface area contributed by atoms with Crippen LogP contribution < -0.4 is 10.6 Å². The Morgan fingerprint density at radius 2 is 2.22 bits per heavy atom. The van der Waals surface area contributed by atoms with Crippen LogP contribution in [0.2, 0.25) is 0 Å². The first-order chi connectivity index (χ1) is 4.22. The van der Waals surface area contributed by atoms with Crippen molar-refractivity contribution >= 4 is 22.0 Å². The van der Waals surface area contributed by atoms with Crippen LogP contribution in [-0.2, 0) is 0 Å². The van der Waals surface area contributed by atoms with Gasteiger partial charge in [0, 0.05) is 14.1 Å². The van der Waals surface area contributed by atoms with Gasteiger partial charge in [-0.05, 0) is 11.4 Å². The van der Waals surface area contributed by atoms with Crippen molar-refractivity contribution in [3.63, 3.8) is 0 Å². The lowest BCUT2D eigenvalue weighted by Gasteiger charge is -2.09. The van der Waals surface area contributed by atoms with E-state index in [1.54, 1.807) is 11.3 Å². The number of hydrogen-bond acceptors (Lipinski definition) is 3. The third-order valence-electron chi connectivity index (χ3n) is 1.08. The lowest BCUT2D eigenvalue weighted by molar-refractivity contribution is 1.16. The monoisotopic (exact) mass is 142 g/mol. The minimum Gasteiger partial charge on any atom is -0.396 e. The molecule has 9 heavy (non-hydrogen) atoms. The molecule has 0 unspecified atom stereocenters. The summed E-state index contributed by atoms with van der Waals surface area (Å²) in [4.78, 5) is 2.01. The zero-order chi connectivity index (χ0) is 6.85. The lowest BCUT2D eigenvalue weighted by Crippen LogP contribution is -2.08. The van der Waals surface area contributed by atoms with Crippen molar-refractivity contribution in [2.75, 3.05) is 24.7 Å². The van der Waals surface area contributed by atoms with E-state index in [1.165, 1.54) is 0 Å². The topological polar surface area (TPSA) is 29.3 Å². The van der Waals surface area contributed by atoms with Gasteiger partial charge in [0.15, 0.2) is 0 Å². The standard InChI is InChI=1S/C6H10N2S/c1-8(2)6-5(7)3-4-9-6/h3-4H,7H2,1-2H3. The molecule has 0 radical (unpaired) electrons. The summed E-state index contributed by atoms with van der Waals surface area (Å²) < 4.78 is 0. The Morgan fingerprint density at radius 1 is 1.56 bits per heavy atom. The molecule has 1 aromatic rings. The molecule has 0 aromatic carbocycles. The predicted octanol–water partition coefficient (Wildman–Crippen LogP) is 1.40. The molecule has 0 saturated heterocycles. The molecule has 2 N–H and O–H groups in total. The average Bonchev–Trinajstić information content (AvgIpc) is 2.13. The van der Waals surface area contributed by atoms with Crippen LogP contribution in [0.3, 0.4) is 0 Å². The number of hydrogen-bond donors (Lipinski definition) is 1. The number of nitrogen functional groups attached to an aromatic ring is 1. The Balaban J connectivity index is 2.94. The highest BCUT2D eigenvalue weighted by atomic mass is 32.1. The van der Waals surface area contributed by atoms with Gasteiger partial charge in [0.2, 0.25) is 0 Å². The van der Waals surface area contributed by atoms with E-state index in [0.29, 0.717) is 0 Å². The van der Waals surface area contributed by atoms with Crippen LogP contribution in [0.1, 0.15) is 0 Å². The average molecular weight is 142 g/mol. The molecule has 50 valence electrons. The molecule has 0 aliphatic heterocycles. The smallest absolute Gasteiger partial charge is 0.114 e. The molecule has 0 atom stereocenters. The van der Waals surface area contributed by atoms with E-state index in [9.17, 15) is 0 Å². The summed E-state index contributed by atoms with van der Waals surface area (Å²) in [6.45, 7) is 0. The maximum absolute atomic E-state index is 5.61. The molecular weight excluding hydrogens is 132 g/mol. The lowest BCUT2D eigenvalue weighted by atomic mass is 10.5. The van der Waals surface area contributed by atoms with Gasteiger partial charge in [-0.25, -0.2) is 0 Å². The molecule has 1 heterocycles. The molecule has 0 saturated carbocycles. The number of thiophene rings is 1. The van der Waals surface area contributed by atoms with Crippen molar-refractivity contribution in [3.8, 4) is 0 Å². The van der Waals surface area contributed by atoms with Gasteiger partial charge in [-0.3, -0.25) is 0 Å². The molecule has 1 rings (SSSR count). The van der Waals surface area contributed by atoms with Gasteiger partial charge >= 0.3 is 0 Å². The van der Waals surface area contributed by atoms with Gasteiger partial charge in [0.25, 0.3) is 0 Å². The first kappa shape index (κ1) is 6.42. The van der Waals surface area contributed by atoms with Crippen molar-refractivity contribution in [1.29, 1.82) is 0 Å². The third kappa shape index (κ3) is 1.16. The molecule has 3 heteroatoms. The van der Waals surface area contributed by atoms with Crippen molar-refractivity contribution < 1.29 is 0 Å². The highest BCUT2D eigenvalue weighted by Gasteiger charge is 1.99. The van der Waals surface area contributed by atoms with Crippen LogP contribution in [0.5, 0.6) is 0 Å². The van der Waals surface area contributed by atoms with Crippen molar-refractivity contribution in [2.45, 2.75) is 0 Å². The molecular formula is C6H10N2S. The third-order valence-corrected chi connectivity index (χ3v) is 2.18. The van der Waals surface area contributed by atoms with E-state index in [-0.39, 0.29) is 0 Å². The molecule has 0 aliphatic rings. The SMILES string of the molecule is CN(C)c1sccc1N. The zero-order valence-corrected chi connectivity index (χ0v) is 6.40. The number of nitrogens with zero attached hydrogens (tertiary/aromatic N) is 1. The van der Waals surface area contributed by atoms with Gasteiger partial charge in [-0.2, -0.15) is 0 Å². The van der Waals surface area contributed by atoms with Crippen molar-refractivity contribution in [1.82, 2.24) is 0 Å². The van der Waals surface area contributed by atoms with Crippen LogP contribution in [-0.4, -0.2) is 14.1 Å². The highest BCUT2D eigenvalue weighted by Crippen LogP contribution is 2.27. The van der Waals surface area contributed by atoms with Gasteiger partial charge in [-0.1, -0.05) is 0 Å². The van der Waals surface area contributed by atoms with Gasteiger partial charge in [0.1, 0.15) is 5.00 Å². The molecule has 2 nitrogen and oxygen atoms in total. The Kier molecular flexibility index (Phi) is 1.62. The van der Waals surface area contributed by atoms with E-state index >= 15 is 0 Å². The molecule has 0 fully saturated rings. The highest BCUT2D eigenvalue weighted by molar-refractivity contribution is 7.14. The van der Waals surface area contributed by atoms with Crippen LogP contribution in [0, 0.1) is 0 Å². The fourth-order valence-electron chi connectivity index (χ4n) is 0.675. The van der Waals surface area contributed by atoms with Gasteiger partial charge < -0.3 is 10.6 Å². The summed E-state index contributed by atoms with van der Waals surface area (Å²) in [5, 5.41) is 3.12. The first-order valence-corrected chi connectivity index (χ1v) is 3.60. The Morgan fingerprint density at radius 3 is 2.44 bits per heavy atom. The van der Waals surface area contributed by atoms with Gasteiger partial charge in [0.05, 0.1) is 5.69 Å². The second kappa shape index (κ2) is 2.27. The molecule has 1 aromatic heterocycles. The van der Waals surface area contributed by atoms with E-state index in [0.717, 1.165) is 10.7 Å². The number of rotatable bonds is 1. The van der Waals surface area contributed by atoms with Crippen molar-refractivity contribution in [3.05, 3.63) is 11.4 Å². The molecule has 0 spiro atoms. The van der Waals surface area contributed by atoms with Crippen LogP contribution in [0.4, 0.5) is 10.7 Å². The summed E-state index contributed by atoms with van der Waals surface area (Å²) in [5.41, 5.74) is 6.48. The second-order valence-corrected chi connectivity index (χ2v) is 2.97. The largest absolute Gasteiger partial charge is 0.396 e. The van der Waals surface area contributed by atoms with Gasteiger partial charge in [-0.15, -0.1) is 11.3 Å². The van der Waals surface area contributed by atoms with E-state index in [2.05, 4.69) is 0 Å². The predicted molar refractivity (Wildman–Crippen MR) is 43.1 cm³/mol. The Bertz CT molecular complexity index is 193. The summed E-state index contributed by atoms with van der Waals surface area (Å²) in [7, 11) is 3.98. The summed E-state index contributed by atoms with van der Waals surface area (Å²) in [6.07, 6.45) is 0. The maximum Gasteiger partial charge on any atom is 0.114 e. The summed E-state index contributed by atoms with van der Waals surface area (Å²) in [5.74, 6) is 0. The maximum atomic E-state index is 5.61. The summed E-state index contributed by atoms with van der Waals surface area (Å²) in [6, 6.07) is 1.92. The zero-order valence-electron chi connectivity index (χ0n) is 5.59. The minimum absolute atomic E-state index is 0.866. The summed E-state index contributed by atoms with van der Waals surface area (Å²) >= 11 is 1.66. The fourth-order valence-corrected chi connectivity index (χ4v) is 1.43. The fraction of sp³-hybridized carbons (Fsp3) is 0.333. The van der Waals surface area contributed by atoms with E-state index in [4.69, 9.17) is 5.73 Å². The van der Waals surface area contributed by atoms with E-state index in [1.807, 2.05) is 30.4 Å². The minimum atomic E-state index is 0.866. The molecule has 0 amide bonds. The van der Waals surface area contributed by atoms with Crippen molar-refractivity contribution in [2.24, 2.45) is 0 Å². The Labute approximate surface area is 58.9 Å².